The predicted molar refractivity (Wildman–Crippen MR) is 117 cm³/mol. The summed E-state index contributed by atoms with van der Waals surface area (Å²) < 4.78 is 26.5. The van der Waals surface area contributed by atoms with Crippen molar-refractivity contribution in [2.75, 3.05) is 33.7 Å². The third-order valence-electron chi connectivity index (χ3n) is 5.00. The third kappa shape index (κ3) is 6.13. The maximum absolute atomic E-state index is 12.6. The number of hydrogen-bond donors (Lipinski definition) is 1. The molecule has 2 rings (SSSR count). The lowest BCUT2D eigenvalue weighted by atomic mass is 10.1. The normalized spacial score (nSPS) is 12.9. The summed E-state index contributed by atoms with van der Waals surface area (Å²) >= 11 is 0. The predicted octanol–water partition coefficient (Wildman–Crippen LogP) is 2.62. The van der Waals surface area contributed by atoms with Gasteiger partial charge in [0.2, 0.25) is 10.0 Å². The van der Waals surface area contributed by atoms with Crippen LogP contribution in [-0.4, -0.2) is 63.3 Å². The SMILES string of the molecule is CCN(CC)S(=O)(=O)c1ccc(C(=O)NCC(Cc2ccccc2)N(C)C)cc1. The smallest absolute Gasteiger partial charge is 0.251 e. The topological polar surface area (TPSA) is 69.7 Å². The van der Waals surface area contributed by atoms with E-state index in [1.165, 1.54) is 22.0 Å². The summed E-state index contributed by atoms with van der Waals surface area (Å²) in [5, 5.41) is 2.96. The van der Waals surface area contributed by atoms with Crippen molar-refractivity contribution in [3.8, 4) is 0 Å². The van der Waals surface area contributed by atoms with Crippen LogP contribution >= 0.6 is 0 Å². The molecule has 1 amide bonds. The van der Waals surface area contributed by atoms with Gasteiger partial charge in [0.25, 0.3) is 5.91 Å². The number of benzene rings is 2. The molecule has 0 heterocycles. The second-order valence-electron chi connectivity index (χ2n) is 7.13. The third-order valence-corrected chi connectivity index (χ3v) is 7.07. The summed E-state index contributed by atoms with van der Waals surface area (Å²) in [5.41, 5.74) is 1.66. The van der Waals surface area contributed by atoms with Crippen LogP contribution in [0.5, 0.6) is 0 Å². The fraction of sp³-hybridized carbons (Fsp3) is 0.409. The number of likely N-dealkylation sites (N-methyl/N-ethyl adjacent to an activating group) is 1. The summed E-state index contributed by atoms with van der Waals surface area (Å²) in [6, 6.07) is 16.4. The number of nitrogens with zero attached hydrogens (tertiary/aromatic N) is 2. The van der Waals surface area contributed by atoms with E-state index in [0.29, 0.717) is 25.2 Å². The standard InChI is InChI=1S/C22H31N3O3S/c1-5-25(6-2)29(27,28)21-14-12-19(13-15-21)22(26)23-17-20(24(3)4)16-18-10-8-7-9-11-18/h7-15,20H,5-6,16-17H2,1-4H3,(H,23,26). The van der Waals surface area contributed by atoms with Gasteiger partial charge in [-0.25, -0.2) is 8.42 Å². The first kappa shape index (κ1) is 23.1. The lowest BCUT2D eigenvalue weighted by molar-refractivity contribution is 0.0941. The lowest BCUT2D eigenvalue weighted by Crippen LogP contribution is -2.41. The molecule has 0 spiro atoms. The number of sulfonamides is 1. The fourth-order valence-electron chi connectivity index (χ4n) is 3.13. The van der Waals surface area contributed by atoms with Gasteiger partial charge in [-0.05, 0) is 50.3 Å². The molecular weight excluding hydrogens is 386 g/mol. The number of carbonyl (C=O) groups is 1. The van der Waals surface area contributed by atoms with Crippen LogP contribution in [0.2, 0.25) is 0 Å². The molecular formula is C22H31N3O3S. The highest BCUT2D eigenvalue weighted by Gasteiger charge is 2.22. The molecule has 1 N–H and O–H groups in total. The minimum Gasteiger partial charge on any atom is -0.350 e. The summed E-state index contributed by atoms with van der Waals surface area (Å²) in [4.78, 5) is 14.8. The number of carbonyl (C=O) groups excluding carboxylic acids is 1. The first-order valence-electron chi connectivity index (χ1n) is 9.88. The van der Waals surface area contributed by atoms with E-state index in [4.69, 9.17) is 0 Å². The van der Waals surface area contributed by atoms with Crippen molar-refractivity contribution in [2.45, 2.75) is 31.2 Å². The molecule has 1 atom stereocenters. The molecule has 0 aliphatic rings. The van der Waals surface area contributed by atoms with Gasteiger partial charge in [-0.3, -0.25) is 4.79 Å². The maximum atomic E-state index is 12.6. The summed E-state index contributed by atoms with van der Waals surface area (Å²) in [5.74, 6) is -0.211. The molecule has 0 saturated heterocycles. The Labute approximate surface area is 174 Å². The van der Waals surface area contributed by atoms with Gasteiger partial charge in [-0.1, -0.05) is 44.2 Å². The van der Waals surface area contributed by atoms with Crippen molar-refractivity contribution in [1.82, 2.24) is 14.5 Å². The molecule has 0 aliphatic heterocycles. The van der Waals surface area contributed by atoms with Crippen molar-refractivity contribution < 1.29 is 13.2 Å². The Morgan fingerprint density at radius 2 is 1.55 bits per heavy atom. The van der Waals surface area contributed by atoms with Crippen molar-refractivity contribution in [2.24, 2.45) is 0 Å². The van der Waals surface area contributed by atoms with E-state index in [-0.39, 0.29) is 16.8 Å². The molecule has 7 heteroatoms. The van der Waals surface area contributed by atoms with E-state index in [1.807, 2.05) is 32.3 Å². The number of nitrogens with one attached hydrogen (secondary N) is 1. The molecule has 29 heavy (non-hydrogen) atoms. The zero-order chi connectivity index (χ0) is 21.4. The molecule has 158 valence electrons. The summed E-state index contributed by atoms with van der Waals surface area (Å²) in [6.45, 7) is 4.93. The van der Waals surface area contributed by atoms with Gasteiger partial charge in [0.1, 0.15) is 0 Å². The van der Waals surface area contributed by atoms with Crippen LogP contribution in [0, 0.1) is 0 Å². The number of hydrogen-bond acceptors (Lipinski definition) is 4. The van der Waals surface area contributed by atoms with Gasteiger partial charge < -0.3 is 10.2 Å². The Morgan fingerprint density at radius 1 is 0.966 bits per heavy atom. The monoisotopic (exact) mass is 417 g/mol. The zero-order valence-electron chi connectivity index (χ0n) is 17.6. The number of rotatable bonds is 10. The highest BCUT2D eigenvalue weighted by molar-refractivity contribution is 7.89. The van der Waals surface area contributed by atoms with E-state index < -0.39 is 10.0 Å². The van der Waals surface area contributed by atoms with Crippen molar-refractivity contribution >= 4 is 15.9 Å². The minimum absolute atomic E-state index is 0.156. The Kier molecular flexibility index (Phi) is 8.37. The molecule has 0 radical (unpaired) electrons. The van der Waals surface area contributed by atoms with E-state index in [2.05, 4.69) is 22.3 Å². The largest absolute Gasteiger partial charge is 0.350 e. The molecule has 0 bridgehead atoms. The molecule has 0 saturated carbocycles. The molecule has 6 nitrogen and oxygen atoms in total. The Bertz CT molecular complexity index is 877. The van der Waals surface area contributed by atoms with Crippen LogP contribution in [0.15, 0.2) is 59.5 Å². The highest BCUT2D eigenvalue weighted by Crippen LogP contribution is 2.16. The van der Waals surface area contributed by atoms with Crippen LogP contribution in [0.25, 0.3) is 0 Å². The average molecular weight is 418 g/mol. The summed E-state index contributed by atoms with van der Waals surface area (Å²) in [6.07, 6.45) is 0.829. The molecule has 2 aromatic carbocycles. The average Bonchev–Trinajstić information content (AvgIpc) is 2.72. The van der Waals surface area contributed by atoms with Crippen LogP contribution in [-0.2, 0) is 16.4 Å². The molecule has 0 aliphatic carbocycles. The molecule has 1 unspecified atom stereocenters. The van der Waals surface area contributed by atoms with Crippen LogP contribution in [0.3, 0.4) is 0 Å². The molecule has 0 aromatic heterocycles. The quantitative estimate of drug-likeness (QED) is 0.645. The van der Waals surface area contributed by atoms with E-state index in [9.17, 15) is 13.2 Å². The van der Waals surface area contributed by atoms with Crippen molar-refractivity contribution in [1.29, 1.82) is 0 Å². The van der Waals surface area contributed by atoms with Crippen LogP contribution in [0.4, 0.5) is 0 Å². The first-order chi connectivity index (χ1) is 13.8. The summed E-state index contributed by atoms with van der Waals surface area (Å²) in [7, 11) is 0.465. The second-order valence-corrected chi connectivity index (χ2v) is 9.07. The minimum atomic E-state index is -3.52. The van der Waals surface area contributed by atoms with Crippen LogP contribution in [0.1, 0.15) is 29.8 Å². The van der Waals surface area contributed by atoms with Gasteiger partial charge in [-0.15, -0.1) is 0 Å². The van der Waals surface area contributed by atoms with E-state index in [1.54, 1.807) is 26.0 Å². The second kappa shape index (κ2) is 10.5. The van der Waals surface area contributed by atoms with Crippen LogP contribution < -0.4 is 5.32 Å². The van der Waals surface area contributed by atoms with Crippen molar-refractivity contribution in [3.05, 3.63) is 65.7 Å². The van der Waals surface area contributed by atoms with Gasteiger partial charge in [0, 0.05) is 31.2 Å². The van der Waals surface area contributed by atoms with Gasteiger partial charge in [0.15, 0.2) is 0 Å². The molecule has 2 aromatic rings. The van der Waals surface area contributed by atoms with E-state index in [0.717, 1.165) is 6.42 Å². The number of amides is 1. The van der Waals surface area contributed by atoms with E-state index >= 15 is 0 Å². The fourth-order valence-corrected chi connectivity index (χ4v) is 4.58. The first-order valence-corrected chi connectivity index (χ1v) is 11.3. The Balaban J connectivity index is 2.03. The Hall–Kier alpha value is -2.22. The Morgan fingerprint density at radius 3 is 2.07 bits per heavy atom. The highest BCUT2D eigenvalue weighted by atomic mass is 32.2. The zero-order valence-corrected chi connectivity index (χ0v) is 18.4. The molecule has 0 fully saturated rings. The van der Waals surface area contributed by atoms with Gasteiger partial charge in [-0.2, -0.15) is 4.31 Å². The van der Waals surface area contributed by atoms with Crippen molar-refractivity contribution in [3.63, 3.8) is 0 Å². The maximum Gasteiger partial charge on any atom is 0.251 e. The van der Waals surface area contributed by atoms with Gasteiger partial charge >= 0.3 is 0 Å². The lowest BCUT2D eigenvalue weighted by Gasteiger charge is -2.25. The van der Waals surface area contributed by atoms with Gasteiger partial charge in [0.05, 0.1) is 4.90 Å².